The molecule has 1 aromatic heterocycles. The van der Waals surface area contributed by atoms with Crippen molar-refractivity contribution >= 4 is 16.9 Å². The Labute approximate surface area is 201 Å². The number of aromatic hydroxyl groups is 1. The van der Waals surface area contributed by atoms with E-state index in [9.17, 15) is 19.1 Å². The summed E-state index contributed by atoms with van der Waals surface area (Å²) < 4.78 is 25.1. The van der Waals surface area contributed by atoms with E-state index in [1.54, 1.807) is 37.3 Å². The molecule has 0 radical (unpaired) electrons. The van der Waals surface area contributed by atoms with E-state index >= 15 is 0 Å². The molecule has 7 heteroatoms. The average Bonchev–Trinajstić information content (AvgIpc) is 3.10. The molecule has 5 rings (SSSR count). The van der Waals surface area contributed by atoms with Gasteiger partial charge in [-0.3, -0.25) is 9.59 Å². The fraction of sp³-hybridized carbons (Fsp3) is 0.214. The largest absolute Gasteiger partial charge is 0.504 e. The van der Waals surface area contributed by atoms with Crippen molar-refractivity contribution in [1.29, 1.82) is 0 Å². The summed E-state index contributed by atoms with van der Waals surface area (Å²) in [6, 6.07) is 13.5. The molecule has 6 nitrogen and oxygen atoms in total. The highest BCUT2D eigenvalue weighted by Gasteiger charge is 2.43. The summed E-state index contributed by atoms with van der Waals surface area (Å²) in [5.41, 5.74) is 3.32. The van der Waals surface area contributed by atoms with Gasteiger partial charge in [0, 0.05) is 6.54 Å². The van der Waals surface area contributed by atoms with Crippen molar-refractivity contribution in [2.45, 2.75) is 33.4 Å². The molecule has 1 atom stereocenters. The molecule has 0 saturated heterocycles. The van der Waals surface area contributed by atoms with Crippen molar-refractivity contribution in [2.75, 3.05) is 6.61 Å². The van der Waals surface area contributed by atoms with Crippen LogP contribution in [0.5, 0.6) is 11.5 Å². The van der Waals surface area contributed by atoms with Crippen LogP contribution in [-0.2, 0) is 6.54 Å². The number of halogens is 1. The van der Waals surface area contributed by atoms with Gasteiger partial charge >= 0.3 is 0 Å². The highest BCUT2D eigenvalue weighted by Crippen LogP contribution is 2.41. The zero-order chi connectivity index (χ0) is 24.9. The average molecular weight is 474 g/mol. The van der Waals surface area contributed by atoms with Crippen molar-refractivity contribution in [2.24, 2.45) is 0 Å². The van der Waals surface area contributed by atoms with Gasteiger partial charge in [-0.2, -0.15) is 0 Å². The molecule has 178 valence electrons. The molecule has 0 spiro atoms. The van der Waals surface area contributed by atoms with E-state index in [2.05, 4.69) is 0 Å². The quantitative estimate of drug-likeness (QED) is 0.420. The number of phenolic OH excluding ortho intramolecular Hbond substituents is 1. The number of carbonyl (C=O) groups excluding carboxylic acids is 1. The van der Waals surface area contributed by atoms with Crippen molar-refractivity contribution in [1.82, 2.24) is 4.90 Å². The molecule has 3 aromatic carbocycles. The summed E-state index contributed by atoms with van der Waals surface area (Å²) in [4.78, 5) is 29.0. The molecule has 1 aliphatic heterocycles. The third-order valence-electron chi connectivity index (χ3n) is 6.26. The van der Waals surface area contributed by atoms with Crippen LogP contribution in [0.3, 0.4) is 0 Å². The van der Waals surface area contributed by atoms with Crippen LogP contribution in [0.4, 0.5) is 4.39 Å². The summed E-state index contributed by atoms with van der Waals surface area (Å²) in [5, 5.41) is 10.6. The van der Waals surface area contributed by atoms with Gasteiger partial charge in [-0.1, -0.05) is 24.3 Å². The van der Waals surface area contributed by atoms with E-state index in [0.29, 0.717) is 28.7 Å². The maximum atomic E-state index is 13.8. The van der Waals surface area contributed by atoms with Gasteiger partial charge in [0.15, 0.2) is 16.9 Å². The number of hydrogen-bond acceptors (Lipinski definition) is 5. The van der Waals surface area contributed by atoms with Crippen LogP contribution in [0, 0.1) is 19.7 Å². The lowest BCUT2D eigenvalue weighted by Crippen LogP contribution is -2.29. The number of carbonyl (C=O) groups is 1. The van der Waals surface area contributed by atoms with Gasteiger partial charge in [0.25, 0.3) is 5.91 Å². The Kier molecular flexibility index (Phi) is 5.55. The number of nitrogens with zero attached hydrogens (tertiary/aromatic N) is 1. The Morgan fingerprint density at radius 2 is 1.80 bits per heavy atom. The van der Waals surface area contributed by atoms with E-state index in [0.717, 1.165) is 11.1 Å². The van der Waals surface area contributed by atoms with Gasteiger partial charge in [0.2, 0.25) is 5.76 Å². The first kappa shape index (κ1) is 22.7. The number of aryl methyl sites for hydroxylation is 2. The molecule has 4 aromatic rings. The zero-order valence-corrected chi connectivity index (χ0v) is 19.6. The molecule has 0 fully saturated rings. The molecular weight excluding hydrogens is 449 g/mol. The van der Waals surface area contributed by atoms with Crippen LogP contribution < -0.4 is 10.2 Å². The zero-order valence-electron chi connectivity index (χ0n) is 19.6. The fourth-order valence-corrected chi connectivity index (χ4v) is 4.74. The SMILES string of the molecule is CCOc1cc(C2c3c(oc4c(C)cc(C)cc4c3=O)C(=O)N2Cc2ccc(F)cc2)ccc1O. The molecular formula is C28H24FNO5. The van der Waals surface area contributed by atoms with Gasteiger partial charge in [-0.15, -0.1) is 0 Å². The first-order valence-electron chi connectivity index (χ1n) is 11.4. The van der Waals surface area contributed by atoms with E-state index < -0.39 is 11.9 Å². The number of ether oxygens (including phenoxy) is 1. The minimum Gasteiger partial charge on any atom is -0.504 e. The Bertz CT molecular complexity index is 1520. The number of fused-ring (bicyclic) bond motifs is 2. The first-order valence-corrected chi connectivity index (χ1v) is 11.4. The maximum absolute atomic E-state index is 13.8. The smallest absolute Gasteiger partial charge is 0.291 e. The van der Waals surface area contributed by atoms with Gasteiger partial charge in [-0.25, -0.2) is 4.39 Å². The molecule has 35 heavy (non-hydrogen) atoms. The minimum absolute atomic E-state index is 0.00685. The Morgan fingerprint density at radius 3 is 2.51 bits per heavy atom. The van der Waals surface area contributed by atoms with Gasteiger partial charge in [0.05, 0.1) is 23.6 Å². The summed E-state index contributed by atoms with van der Waals surface area (Å²) in [6.45, 7) is 6.00. The lowest BCUT2D eigenvalue weighted by Gasteiger charge is -2.25. The number of phenols is 1. The molecule has 1 unspecified atom stereocenters. The minimum atomic E-state index is -0.774. The second-order valence-corrected chi connectivity index (χ2v) is 8.75. The van der Waals surface area contributed by atoms with Crippen molar-refractivity contribution in [3.05, 3.63) is 104 Å². The summed E-state index contributed by atoms with van der Waals surface area (Å²) >= 11 is 0. The number of benzene rings is 3. The maximum Gasteiger partial charge on any atom is 0.291 e. The molecule has 1 aliphatic rings. The van der Waals surface area contributed by atoms with Crippen molar-refractivity contribution in [3.8, 4) is 11.5 Å². The number of rotatable bonds is 5. The first-order chi connectivity index (χ1) is 16.8. The van der Waals surface area contributed by atoms with Crippen LogP contribution in [0.25, 0.3) is 11.0 Å². The second kappa shape index (κ2) is 8.58. The molecule has 0 saturated carbocycles. The third kappa shape index (κ3) is 3.83. The molecule has 0 bridgehead atoms. The van der Waals surface area contributed by atoms with Crippen molar-refractivity contribution in [3.63, 3.8) is 0 Å². The second-order valence-electron chi connectivity index (χ2n) is 8.75. The third-order valence-corrected chi connectivity index (χ3v) is 6.26. The van der Waals surface area contributed by atoms with Crippen LogP contribution >= 0.6 is 0 Å². The Morgan fingerprint density at radius 1 is 1.06 bits per heavy atom. The van der Waals surface area contributed by atoms with E-state index in [1.807, 2.05) is 19.9 Å². The molecule has 2 heterocycles. The van der Waals surface area contributed by atoms with Crippen LogP contribution in [0.15, 0.2) is 63.8 Å². The van der Waals surface area contributed by atoms with E-state index in [4.69, 9.17) is 9.15 Å². The highest BCUT2D eigenvalue weighted by atomic mass is 19.1. The van der Waals surface area contributed by atoms with Crippen molar-refractivity contribution < 1.29 is 23.4 Å². The van der Waals surface area contributed by atoms with E-state index in [-0.39, 0.29) is 40.6 Å². The van der Waals surface area contributed by atoms with Gasteiger partial charge in [0.1, 0.15) is 11.4 Å². The standard InChI is InChI=1S/C28H24FNO5/c1-4-34-22-13-18(7-10-21(22)31)24-23-25(32)20-12-15(2)11-16(3)26(20)35-27(23)28(33)30(24)14-17-5-8-19(29)9-6-17/h5-13,24,31H,4,14H2,1-3H3. The van der Waals surface area contributed by atoms with Crippen LogP contribution in [0.2, 0.25) is 0 Å². The Hall–Kier alpha value is -4.13. The summed E-state index contributed by atoms with van der Waals surface area (Å²) in [5.74, 6) is -0.603. The Balaban J connectivity index is 1.74. The number of hydrogen-bond donors (Lipinski definition) is 1. The highest BCUT2D eigenvalue weighted by molar-refractivity contribution is 5.99. The lowest BCUT2D eigenvalue weighted by atomic mass is 9.97. The van der Waals surface area contributed by atoms with Gasteiger partial charge < -0.3 is 19.2 Å². The topological polar surface area (TPSA) is 80.0 Å². The number of amides is 1. The normalized spacial score (nSPS) is 15.0. The predicted molar refractivity (Wildman–Crippen MR) is 129 cm³/mol. The van der Waals surface area contributed by atoms with Crippen LogP contribution in [-0.4, -0.2) is 22.5 Å². The van der Waals surface area contributed by atoms with E-state index in [1.165, 1.54) is 23.1 Å². The fourth-order valence-electron chi connectivity index (χ4n) is 4.74. The summed E-state index contributed by atoms with van der Waals surface area (Å²) in [6.07, 6.45) is 0. The van der Waals surface area contributed by atoms with Gasteiger partial charge in [-0.05, 0) is 73.4 Å². The molecule has 0 aliphatic carbocycles. The predicted octanol–water partition coefficient (Wildman–Crippen LogP) is 5.40. The monoisotopic (exact) mass is 473 g/mol. The lowest BCUT2D eigenvalue weighted by molar-refractivity contribution is 0.0714. The molecule has 1 amide bonds. The molecule has 1 N–H and O–H groups in total. The summed E-state index contributed by atoms with van der Waals surface area (Å²) in [7, 11) is 0. The van der Waals surface area contributed by atoms with Crippen LogP contribution in [0.1, 0.15) is 51.3 Å².